The molecule has 0 unspecified atom stereocenters. The number of nitrogen functional groups attached to an aromatic ring is 1. The average molecular weight is 244 g/mol. The molecule has 1 aromatic carbocycles. The number of pyridine rings is 1. The van der Waals surface area contributed by atoms with Gasteiger partial charge < -0.3 is 15.2 Å². The van der Waals surface area contributed by atoms with Crippen LogP contribution in [0.25, 0.3) is 0 Å². The van der Waals surface area contributed by atoms with Gasteiger partial charge in [0.25, 0.3) is 0 Å². The van der Waals surface area contributed by atoms with Gasteiger partial charge in [0.15, 0.2) is 11.5 Å². The zero-order valence-electron chi connectivity index (χ0n) is 10.7. The molecule has 0 atom stereocenters. The predicted octanol–water partition coefficient (Wildman–Crippen LogP) is 3.08. The molecule has 2 rings (SSSR count). The van der Waals surface area contributed by atoms with Crippen LogP contribution < -0.4 is 15.2 Å². The summed E-state index contributed by atoms with van der Waals surface area (Å²) in [5.41, 5.74) is 8.27. The van der Waals surface area contributed by atoms with Gasteiger partial charge in [-0.25, -0.2) is 4.98 Å². The van der Waals surface area contributed by atoms with Crippen LogP contribution in [0.5, 0.6) is 17.4 Å². The molecule has 2 aromatic rings. The molecule has 4 nitrogen and oxygen atoms in total. The van der Waals surface area contributed by atoms with E-state index in [1.54, 1.807) is 13.3 Å². The van der Waals surface area contributed by atoms with Crippen molar-refractivity contribution in [3.8, 4) is 17.4 Å². The van der Waals surface area contributed by atoms with Crippen molar-refractivity contribution in [3.63, 3.8) is 0 Å². The standard InChI is InChI=1S/C14H16N2O2/c1-9-4-5-12(13(6-9)17-3)18-14-10(2)7-11(15)8-16-14/h4-8H,15H2,1-3H3. The van der Waals surface area contributed by atoms with Crippen LogP contribution >= 0.6 is 0 Å². The molecule has 0 fully saturated rings. The number of hydrogen-bond donors (Lipinski definition) is 1. The second-order valence-corrected chi connectivity index (χ2v) is 4.15. The molecule has 0 saturated heterocycles. The van der Waals surface area contributed by atoms with Crippen LogP contribution in [0.4, 0.5) is 5.69 Å². The van der Waals surface area contributed by atoms with Gasteiger partial charge in [-0.15, -0.1) is 0 Å². The number of rotatable bonds is 3. The first-order valence-corrected chi connectivity index (χ1v) is 5.65. The van der Waals surface area contributed by atoms with Gasteiger partial charge in [0, 0.05) is 5.56 Å². The SMILES string of the molecule is COc1cc(C)ccc1Oc1ncc(N)cc1C. The third-order valence-electron chi connectivity index (χ3n) is 2.58. The molecular weight excluding hydrogens is 228 g/mol. The number of methoxy groups -OCH3 is 1. The van der Waals surface area contributed by atoms with Crippen molar-refractivity contribution in [3.05, 3.63) is 41.6 Å². The van der Waals surface area contributed by atoms with Gasteiger partial charge in [-0.2, -0.15) is 0 Å². The molecule has 0 aliphatic carbocycles. The Kier molecular flexibility index (Phi) is 3.37. The van der Waals surface area contributed by atoms with Crippen molar-refractivity contribution in [2.24, 2.45) is 0 Å². The fraction of sp³-hybridized carbons (Fsp3) is 0.214. The molecule has 4 heteroatoms. The van der Waals surface area contributed by atoms with E-state index in [0.29, 0.717) is 23.1 Å². The number of aromatic nitrogens is 1. The summed E-state index contributed by atoms with van der Waals surface area (Å²) in [5, 5.41) is 0. The number of ether oxygens (including phenoxy) is 2. The van der Waals surface area contributed by atoms with Crippen LogP contribution in [0.2, 0.25) is 0 Å². The van der Waals surface area contributed by atoms with Gasteiger partial charge in [-0.05, 0) is 37.6 Å². The van der Waals surface area contributed by atoms with Gasteiger partial charge in [0.05, 0.1) is 19.0 Å². The highest BCUT2D eigenvalue weighted by Crippen LogP contribution is 2.32. The van der Waals surface area contributed by atoms with Crippen molar-refractivity contribution in [1.82, 2.24) is 4.98 Å². The molecule has 0 aliphatic heterocycles. The van der Waals surface area contributed by atoms with Gasteiger partial charge in [0.2, 0.25) is 5.88 Å². The Balaban J connectivity index is 2.33. The maximum Gasteiger partial charge on any atom is 0.222 e. The minimum Gasteiger partial charge on any atom is -0.493 e. The highest BCUT2D eigenvalue weighted by atomic mass is 16.5. The van der Waals surface area contributed by atoms with Crippen LogP contribution in [0.3, 0.4) is 0 Å². The number of nitrogens with zero attached hydrogens (tertiary/aromatic N) is 1. The highest BCUT2D eigenvalue weighted by molar-refractivity contribution is 5.47. The minimum atomic E-state index is 0.534. The van der Waals surface area contributed by atoms with Crippen molar-refractivity contribution < 1.29 is 9.47 Å². The molecule has 1 heterocycles. The quantitative estimate of drug-likeness (QED) is 0.901. The lowest BCUT2D eigenvalue weighted by Crippen LogP contribution is -1.96. The molecule has 0 bridgehead atoms. The Morgan fingerprint density at radius 2 is 1.89 bits per heavy atom. The largest absolute Gasteiger partial charge is 0.493 e. The van der Waals surface area contributed by atoms with Gasteiger partial charge in [-0.3, -0.25) is 0 Å². The third-order valence-corrected chi connectivity index (χ3v) is 2.58. The fourth-order valence-corrected chi connectivity index (χ4v) is 1.65. The Hall–Kier alpha value is -2.23. The summed E-state index contributed by atoms with van der Waals surface area (Å²) < 4.78 is 11.0. The maximum absolute atomic E-state index is 5.75. The summed E-state index contributed by atoms with van der Waals surface area (Å²) >= 11 is 0. The molecule has 0 amide bonds. The monoisotopic (exact) mass is 244 g/mol. The first-order valence-electron chi connectivity index (χ1n) is 5.65. The smallest absolute Gasteiger partial charge is 0.222 e. The molecular formula is C14H16N2O2. The van der Waals surface area contributed by atoms with Crippen molar-refractivity contribution in [2.45, 2.75) is 13.8 Å². The topological polar surface area (TPSA) is 57.4 Å². The molecule has 0 aliphatic rings. The second kappa shape index (κ2) is 4.96. The fourth-order valence-electron chi connectivity index (χ4n) is 1.65. The van der Waals surface area contributed by atoms with E-state index in [-0.39, 0.29) is 0 Å². The van der Waals surface area contributed by atoms with Crippen LogP contribution in [0, 0.1) is 13.8 Å². The lowest BCUT2D eigenvalue weighted by molar-refractivity contribution is 0.373. The van der Waals surface area contributed by atoms with Crippen LogP contribution in [0.15, 0.2) is 30.5 Å². The molecule has 18 heavy (non-hydrogen) atoms. The second-order valence-electron chi connectivity index (χ2n) is 4.15. The zero-order chi connectivity index (χ0) is 13.1. The van der Waals surface area contributed by atoms with Crippen molar-refractivity contribution >= 4 is 5.69 Å². The Morgan fingerprint density at radius 1 is 1.11 bits per heavy atom. The average Bonchev–Trinajstić information content (AvgIpc) is 2.34. The minimum absolute atomic E-state index is 0.534. The predicted molar refractivity (Wildman–Crippen MR) is 71.2 cm³/mol. The molecule has 94 valence electrons. The lowest BCUT2D eigenvalue weighted by Gasteiger charge is -2.11. The van der Waals surface area contributed by atoms with Crippen molar-refractivity contribution in [1.29, 1.82) is 0 Å². The Morgan fingerprint density at radius 3 is 2.56 bits per heavy atom. The number of nitrogens with two attached hydrogens (primary N) is 1. The van der Waals surface area contributed by atoms with E-state index < -0.39 is 0 Å². The summed E-state index contributed by atoms with van der Waals surface area (Å²) in [5.74, 6) is 1.86. The number of aryl methyl sites for hydroxylation is 2. The van der Waals surface area contributed by atoms with E-state index in [1.807, 2.05) is 38.1 Å². The summed E-state index contributed by atoms with van der Waals surface area (Å²) in [4.78, 5) is 4.17. The van der Waals surface area contributed by atoms with Gasteiger partial charge in [-0.1, -0.05) is 6.07 Å². The lowest BCUT2D eigenvalue weighted by atomic mass is 10.2. The Bertz CT molecular complexity index is 568. The summed E-state index contributed by atoms with van der Waals surface area (Å²) in [6.45, 7) is 3.90. The molecule has 1 aromatic heterocycles. The van der Waals surface area contributed by atoms with Gasteiger partial charge >= 0.3 is 0 Å². The molecule has 0 spiro atoms. The van der Waals surface area contributed by atoms with Crippen LogP contribution in [0.1, 0.15) is 11.1 Å². The Labute approximate surface area is 106 Å². The summed E-state index contributed by atoms with van der Waals surface area (Å²) in [7, 11) is 1.62. The normalized spacial score (nSPS) is 10.2. The molecule has 2 N–H and O–H groups in total. The summed E-state index contributed by atoms with van der Waals surface area (Å²) in [6, 6.07) is 7.57. The van der Waals surface area contributed by atoms with Crippen LogP contribution in [-0.2, 0) is 0 Å². The van der Waals surface area contributed by atoms with E-state index in [0.717, 1.165) is 11.1 Å². The first-order chi connectivity index (χ1) is 8.60. The first kappa shape index (κ1) is 12.2. The van der Waals surface area contributed by atoms with E-state index in [4.69, 9.17) is 15.2 Å². The summed E-state index contributed by atoms with van der Waals surface area (Å²) in [6.07, 6.45) is 1.57. The maximum atomic E-state index is 5.75. The number of hydrogen-bond acceptors (Lipinski definition) is 4. The highest BCUT2D eigenvalue weighted by Gasteiger charge is 2.08. The number of anilines is 1. The third kappa shape index (κ3) is 2.53. The molecule has 0 radical (unpaired) electrons. The van der Waals surface area contributed by atoms with E-state index in [1.165, 1.54) is 0 Å². The molecule has 0 saturated carbocycles. The van der Waals surface area contributed by atoms with Gasteiger partial charge in [0.1, 0.15) is 0 Å². The van der Waals surface area contributed by atoms with Crippen molar-refractivity contribution in [2.75, 3.05) is 12.8 Å². The number of benzene rings is 1. The zero-order valence-corrected chi connectivity index (χ0v) is 10.7. The van der Waals surface area contributed by atoms with E-state index >= 15 is 0 Å². The van der Waals surface area contributed by atoms with E-state index in [2.05, 4.69) is 4.98 Å². The van der Waals surface area contributed by atoms with Crippen LogP contribution in [-0.4, -0.2) is 12.1 Å². The van der Waals surface area contributed by atoms with E-state index in [9.17, 15) is 0 Å².